The Morgan fingerprint density at radius 1 is 1.57 bits per heavy atom. The Balaban J connectivity index is 2.36. The number of carbonyl (C=O) groups is 1. The molecule has 1 amide bonds. The van der Waals surface area contributed by atoms with Gasteiger partial charge in [0.25, 0.3) is 0 Å². The zero-order chi connectivity index (χ0) is 10.4. The van der Waals surface area contributed by atoms with Crippen LogP contribution in [0, 0.1) is 5.92 Å². The van der Waals surface area contributed by atoms with Gasteiger partial charge in [-0.15, -0.1) is 0 Å². The SMILES string of the molecule is CCCC(C)CN1CCCNCC1=O. The molecule has 3 nitrogen and oxygen atoms in total. The van der Waals surface area contributed by atoms with Crippen LogP contribution in [0.5, 0.6) is 0 Å². The molecular weight excluding hydrogens is 176 g/mol. The van der Waals surface area contributed by atoms with Crippen LogP contribution in [0.3, 0.4) is 0 Å². The van der Waals surface area contributed by atoms with Gasteiger partial charge in [0.15, 0.2) is 0 Å². The molecule has 0 aromatic carbocycles. The summed E-state index contributed by atoms with van der Waals surface area (Å²) in [5.41, 5.74) is 0. The monoisotopic (exact) mass is 198 g/mol. The number of amides is 1. The van der Waals surface area contributed by atoms with Crippen LogP contribution in [-0.2, 0) is 4.79 Å². The van der Waals surface area contributed by atoms with E-state index in [9.17, 15) is 4.79 Å². The van der Waals surface area contributed by atoms with Gasteiger partial charge in [-0.1, -0.05) is 20.3 Å². The van der Waals surface area contributed by atoms with Crippen molar-refractivity contribution in [3.63, 3.8) is 0 Å². The van der Waals surface area contributed by atoms with Crippen LogP contribution in [0.25, 0.3) is 0 Å². The number of hydrogen-bond donors (Lipinski definition) is 1. The fraction of sp³-hybridized carbons (Fsp3) is 0.909. The summed E-state index contributed by atoms with van der Waals surface area (Å²) in [6.45, 7) is 7.80. The maximum atomic E-state index is 11.6. The lowest BCUT2D eigenvalue weighted by molar-refractivity contribution is -0.130. The van der Waals surface area contributed by atoms with E-state index in [1.807, 2.05) is 4.90 Å². The van der Waals surface area contributed by atoms with Crippen molar-refractivity contribution in [1.82, 2.24) is 10.2 Å². The molecule has 1 saturated heterocycles. The largest absolute Gasteiger partial charge is 0.341 e. The summed E-state index contributed by atoms with van der Waals surface area (Å²) in [6.07, 6.45) is 3.52. The van der Waals surface area contributed by atoms with Crippen molar-refractivity contribution >= 4 is 5.91 Å². The van der Waals surface area contributed by atoms with Gasteiger partial charge < -0.3 is 10.2 Å². The van der Waals surface area contributed by atoms with Crippen molar-refractivity contribution in [1.29, 1.82) is 0 Å². The molecule has 3 heteroatoms. The Kier molecular flexibility index (Phi) is 4.94. The van der Waals surface area contributed by atoms with Crippen LogP contribution in [0.2, 0.25) is 0 Å². The van der Waals surface area contributed by atoms with Gasteiger partial charge in [-0.05, 0) is 25.3 Å². The minimum Gasteiger partial charge on any atom is -0.341 e. The molecule has 0 bridgehead atoms. The fourth-order valence-corrected chi connectivity index (χ4v) is 1.98. The summed E-state index contributed by atoms with van der Waals surface area (Å²) in [4.78, 5) is 13.6. The summed E-state index contributed by atoms with van der Waals surface area (Å²) in [6, 6.07) is 0. The second-order valence-corrected chi connectivity index (χ2v) is 4.26. The Morgan fingerprint density at radius 3 is 3.07 bits per heavy atom. The molecule has 1 unspecified atom stereocenters. The van der Waals surface area contributed by atoms with Crippen LogP contribution in [0.15, 0.2) is 0 Å². The third kappa shape index (κ3) is 3.66. The Bertz CT molecular complexity index is 182. The number of hydrogen-bond acceptors (Lipinski definition) is 2. The highest BCUT2D eigenvalue weighted by molar-refractivity contribution is 5.78. The average molecular weight is 198 g/mol. The van der Waals surface area contributed by atoms with Gasteiger partial charge in [-0.25, -0.2) is 0 Å². The molecule has 1 aliphatic heterocycles. The third-order valence-electron chi connectivity index (χ3n) is 2.72. The summed E-state index contributed by atoms with van der Waals surface area (Å²) >= 11 is 0. The third-order valence-corrected chi connectivity index (χ3v) is 2.72. The van der Waals surface area contributed by atoms with Crippen LogP contribution in [0.1, 0.15) is 33.1 Å². The molecule has 1 heterocycles. The predicted molar refractivity (Wildman–Crippen MR) is 58.1 cm³/mol. The minimum absolute atomic E-state index is 0.269. The molecule has 14 heavy (non-hydrogen) atoms. The van der Waals surface area contributed by atoms with Crippen molar-refractivity contribution in [3.05, 3.63) is 0 Å². The zero-order valence-corrected chi connectivity index (χ0v) is 9.38. The highest BCUT2D eigenvalue weighted by atomic mass is 16.2. The molecule has 0 radical (unpaired) electrons. The standard InChI is InChI=1S/C11H22N2O/c1-3-5-10(2)9-13-7-4-6-12-8-11(13)14/h10,12H,3-9H2,1-2H3. The van der Waals surface area contributed by atoms with E-state index in [1.165, 1.54) is 12.8 Å². The zero-order valence-electron chi connectivity index (χ0n) is 9.38. The van der Waals surface area contributed by atoms with Crippen LogP contribution < -0.4 is 5.32 Å². The summed E-state index contributed by atoms with van der Waals surface area (Å²) in [7, 11) is 0. The van der Waals surface area contributed by atoms with E-state index in [4.69, 9.17) is 0 Å². The second-order valence-electron chi connectivity index (χ2n) is 4.26. The van der Waals surface area contributed by atoms with Gasteiger partial charge in [-0.2, -0.15) is 0 Å². The van der Waals surface area contributed by atoms with E-state index in [0.29, 0.717) is 12.5 Å². The molecule has 0 aromatic heterocycles. The molecule has 1 atom stereocenters. The molecule has 0 aromatic rings. The van der Waals surface area contributed by atoms with E-state index < -0.39 is 0 Å². The molecule has 1 fully saturated rings. The van der Waals surface area contributed by atoms with Gasteiger partial charge in [0.2, 0.25) is 5.91 Å². The fourth-order valence-electron chi connectivity index (χ4n) is 1.98. The van der Waals surface area contributed by atoms with Crippen molar-refractivity contribution in [2.24, 2.45) is 5.92 Å². The van der Waals surface area contributed by atoms with Gasteiger partial charge >= 0.3 is 0 Å². The lowest BCUT2D eigenvalue weighted by Gasteiger charge is -2.23. The molecule has 0 saturated carbocycles. The summed E-state index contributed by atoms with van der Waals surface area (Å²) < 4.78 is 0. The van der Waals surface area contributed by atoms with E-state index in [-0.39, 0.29) is 5.91 Å². The smallest absolute Gasteiger partial charge is 0.236 e. The van der Waals surface area contributed by atoms with Crippen molar-refractivity contribution in [2.45, 2.75) is 33.1 Å². The Labute approximate surface area is 86.9 Å². The lowest BCUT2D eigenvalue weighted by atomic mass is 10.1. The normalized spacial score (nSPS) is 20.7. The molecule has 0 spiro atoms. The second kappa shape index (κ2) is 6.02. The van der Waals surface area contributed by atoms with Crippen LogP contribution in [-0.4, -0.2) is 37.0 Å². The lowest BCUT2D eigenvalue weighted by Crippen LogP contribution is -2.37. The molecule has 1 N–H and O–H groups in total. The van der Waals surface area contributed by atoms with Crippen molar-refractivity contribution < 1.29 is 4.79 Å². The predicted octanol–water partition coefficient (Wildman–Crippen LogP) is 1.24. The first-order chi connectivity index (χ1) is 6.74. The van der Waals surface area contributed by atoms with Gasteiger partial charge in [0.05, 0.1) is 6.54 Å². The molecular formula is C11H22N2O. The van der Waals surface area contributed by atoms with E-state index in [2.05, 4.69) is 19.2 Å². The first kappa shape index (κ1) is 11.5. The quantitative estimate of drug-likeness (QED) is 0.737. The number of carbonyl (C=O) groups excluding carboxylic acids is 1. The molecule has 1 aliphatic rings. The van der Waals surface area contributed by atoms with Crippen LogP contribution >= 0.6 is 0 Å². The first-order valence-corrected chi connectivity index (χ1v) is 5.72. The highest BCUT2D eigenvalue weighted by Gasteiger charge is 2.17. The Hall–Kier alpha value is -0.570. The van der Waals surface area contributed by atoms with E-state index >= 15 is 0 Å². The molecule has 82 valence electrons. The minimum atomic E-state index is 0.269. The molecule has 0 aliphatic carbocycles. The van der Waals surface area contributed by atoms with E-state index in [0.717, 1.165) is 26.1 Å². The summed E-state index contributed by atoms with van der Waals surface area (Å²) in [5, 5.41) is 3.14. The topological polar surface area (TPSA) is 32.3 Å². The molecule has 1 rings (SSSR count). The van der Waals surface area contributed by atoms with Gasteiger partial charge in [-0.3, -0.25) is 4.79 Å². The number of nitrogens with one attached hydrogen (secondary N) is 1. The highest BCUT2D eigenvalue weighted by Crippen LogP contribution is 2.09. The Morgan fingerprint density at radius 2 is 2.36 bits per heavy atom. The number of rotatable bonds is 4. The first-order valence-electron chi connectivity index (χ1n) is 5.72. The maximum Gasteiger partial charge on any atom is 0.236 e. The average Bonchev–Trinajstić information content (AvgIpc) is 2.33. The number of nitrogens with zero attached hydrogens (tertiary/aromatic N) is 1. The van der Waals surface area contributed by atoms with E-state index in [1.54, 1.807) is 0 Å². The van der Waals surface area contributed by atoms with Gasteiger partial charge in [0.1, 0.15) is 0 Å². The van der Waals surface area contributed by atoms with Crippen molar-refractivity contribution in [2.75, 3.05) is 26.2 Å². The van der Waals surface area contributed by atoms with Gasteiger partial charge in [0, 0.05) is 13.1 Å². The summed E-state index contributed by atoms with van der Waals surface area (Å²) in [5.74, 6) is 0.910. The van der Waals surface area contributed by atoms with Crippen molar-refractivity contribution in [3.8, 4) is 0 Å². The van der Waals surface area contributed by atoms with Crippen LogP contribution in [0.4, 0.5) is 0 Å². The maximum absolute atomic E-state index is 11.6.